The molecular weight excluding hydrogens is 267 g/mol. The Morgan fingerprint density at radius 3 is 2.09 bits per heavy atom. The van der Waals surface area contributed by atoms with E-state index in [0.717, 1.165) is 6.42 Å². The van der Waals surface area contributed by atoms with E-state index in [4.69, 9.17) is 5.11 Å². The third-order valence-corrected chi connectivity index (χ3v) is 9.04. The molecule has 0 aromatic rings. The van der Waals surface area contributed by atoms with E-state index in [-0.39, 0.29) is 6.61 Å². The van der Waals surface area contributed by atoms with Crippen LogP contribution in [0.2, 0.25) is 19.6 Å². The lowest BCUT2D eigenvalue weighted by Gasteiger charge is -2.18. The van der Waals surface area contributed by atoms with E-state index < -0.39 is 8.07 Å². The fourth-order valence-corrected chi connectivity index (χ4v) is 2.59. The van der Waals surface area contributed by atoms with Gasteiger partial charge in [0.2, 0.25) is 0 Å². The largest absolute Gasteiger partial charge is 0.396 e. The quantitative estimate of drug-likeness (QED) is 0.624. The molecule has 0 aliphatic heterocycles. The molecule has 1 nitrogen and oxygen atoms in total. The van der Waals surface area contributed by atoms with Crippen molar-refractivity contribution in [1.29, 1.82) is 0 Å². The highest BCUT2D eigenvalue weighted by atomic mass is 127. The van der Waals surface area contributed by atoms with Crippen molar-refractivity contribution in [1.82, 2.24) is 0 Å². The van der Waals surface area contributed by atoms with Crippen LogP contribution in [0.3, 0.4) is 0 Å². The molecule has 0 saturated heterocycles. The second-order valence-corrected chi connectivity index (χ2v) is 10.9. The molecule has 0 aliphatic rings. The topological polar surface area (TPSA) is 20.2 Å². The normalized spacial score (nSPS) is 14.7. The van der Waals surface area contributed by atoms with E-state index in [9.17, 15) is 0 Å². The van der Waals surface area contributed by atoms with Crippen LogP contribution < -0.4 is 0 Å². The Balaban J connectivity index is 4.39. The van der Waals surface area contributed by atoms with E-state index in [2.05, 4.69) is 49.2 Å². The number of hydrogen-bond donors (Lipinski definition) is 1. The van der Waals surface area contributed by atoms with Crippen molar-refractivity contribution in [3.8, 4) is 0 Å². The molecule has 0 saturated carbocycles. The minimum Gasteiger partial charge on any atom is -0.396 e. The van der Waals surface area contributed by atoms with Crippen LogP contribution in [0.1, 0.15) is 13.3 Å². The van der Waals surface area contributed by atoms with Crippen molar-refractivity contribution >= 4 is 30.7 Å². The number of aliphatic hydroxyl groups is 1. The first kappa shape index (κ1) is 11.6. The highest BCUT2D eigenvalue weighted by molar-refractivity contribution is 14.1. The van der Waals surface area contributed by atoms with Crippen LogP contribution in [0.5, 0.6) is 0 Å². The van der Waals surface area contributed by atoms with Gasteiger partial charge in [0.05, 0.1) is 8.07 Å². The van der Waals surface area contributed by atoms with E-state index in [1.807, 2.05) is 0 Å². The molecule has 11 heavy (non-hydrogen) atoms. The van der Waals surface area contributed by atoms with Crippen LogP contribution in [-0.4, -0.2) is 19.8 Å². The summed E-state index contributed by atoms with van der Waals surface area (Å²) >= 11 is 2.43. The molecule has 3 heteroatoms. The summed E-state index contributed by atoms with van der Waals surface area (Å²) in [6.45, 7) is 9.39. The van der Waals surface area contributed by atoms with E-state index in [0.29, 0.717) is 0 Å². The highest BCUT2D eigenvalue weighted by Crippen LogP contribution is 2.26. The Kier molecular flexibility index (Phi) is 4.89. The second kappa shape index (κ2) is 4.62. The zero-order chi connectivity index (χ0) is 9.07. The average Bonchev–Trinajstić information content (AvgIpc) is 1.85. The van der Waals surface area contributed by atoms with Crippen molar-refractivity contribution in [2.45, 2.75) is 33.0 Å². The van der Waals surface area contributed by atoms with Gasteiger partial charge < -0.3 is 5.11 Å². The van der Waals surface area contributed by atoms with Crippen LogP contribution in [0.15, 0.2) is 8.78 Å². The summed E-state index contributed by atoms with van der Waals surface area (Å²) in [6.07, 6.45) is 0.836. The van der Waals surface area contributed by atoms with Gasteiger partial charge in [0, 0.05) is 6.61 Å². The minimum atomic E-state index is -1.11. The SMILES string of the molecule is C/C(CCO)=C(/I)[Si](C)(C)C. The van der Waals surface area contributed by atoms with Gasteiger partial charge in [-0.25, -0.2) is 0 Å². The Morgan fingerprint density at radius 2 is 1.82 bits per heavy atom. The number of aliphatic hydroxyl groups excluding tert-OH is 1. The van der Waals surface area contributed by atoms with Crippen LogP contribution in [0.4, 0.5) is 0 Å². The van der Waals surface area contributed by atoms with Gasteiger partial charge in [-0.05, 0) is 16.5 Å². The molecule has 0 fully saturated rings. The van der Waals surface area contributed by atoms with Gasteiger partial charge in [0.15, 0.2) is 0 Å². The van der Waals surface area contributed by atoms with Crippen molar-refractivity contribution in [2.75, 3.05) is 6.61 Å². The van der Waals surface area contributed by atoms with Gasteiger partial charge in [0.1, 0.15) is 0 Å². The van der Waals surface area contributed by atoms with Gasteiger partial charge in [-0.2, -0.15) is 0 Å². The monoisotopic (exact) mass is 284 g/mol. The number of hydrogen-bond acceptors (Lipinski definition) is 1. The lowest BCUT2D eigenvalue weighted by molar-refractivity contribution is 0.299. The van der Waals surface area contributed by atoms with Gasteiger partial charge in [0.25, 0.3) is 0 Å². The number of rotatable bonds is 3. The standard InChI is InChI=1S/C8H17IOSi/c1-7(5-6-10)8(9)11(2,3)4/h10H,5-6H2,1-4H3/b8-7+. The molecule has 0 atom stereocenters. The Hall–Kier alpha value is 0.647. The minimum absolute atomic E-state index is 0.281. The second-order valence-electron chi connectivity index (χ2n) is 3.82. The first-order valence-electron chi connectivity index (χ1n) is 3.86. The molecule has 0 rings (SSSR count). The van der Waals surface area contributed by atoms with Crippen molar-refractivity contribution in [3.05, 3.63) is 8.78 Å². The van der Waals surface area contributed by atoms with Crippen molar-refractivity contribution < 1.29 is 5.11 Å². The maximum Gasteiger partial charge on any atom is 0.0853 e. The Bertz CT molecular complexity index is 158. The van der Waals surface area contributed by atoms with Crippen LogP contribution in [0, 0.1) is 0 Å². The first-order valence-corrected chi connectivity index (χ1v) is 8.44. The molecule has 66 valence electrons. The van der Waals surface area contributed by atoms with E-state index >= 15 is 0 Å². The molecule has 0 aromatic carbocycles. The van der Waals surface area contributed by atoms with Gasteiger partial charge in [-0.15, -0.1) is 0 Å². The zero-order valence-electron chi connectivity index (χ0n) is 7.74. The Morgan fingerprint density at radius 1 is 1.36 bits per heavy atom. The predicted molar refractivity (Wildman–Crippen MR) is 61.8 cm³/mol. The van der Waals surface area contributed by atoms with Gasteiger partial charge >= 0.3 is 0 Å². The molecule has 0 radical (unpaired) electrons. The summed E-state index contributed by atoms with van der Waals surface area (Å²) in [5, 5.41) is 8.73. The van der Waals surface area contributed by atoms with Gasteiger partial charge in [-0.3, -0.25) is 0 Å². The molecule has 0 aromatic heterocycles. The van der Waals surface area contributed by atoms with Crippen molar-refractivity contribution in [2.24, 2.45) is 0 Å². The third-order valence-electron chi connectivity index (χ3n) is 1.52. The molecule has 0 spiro atoms. The Labute approximate surface area is 84.0 Å². The van der Waals surface area contributed by atoms with Gasteiger partial charge in [-0.1, -0.05) is 47.8 Å². The lowest BCUT2D eigenvalue weighted by Crippen LogP contribution is -2.21. The molecule has 0 unspecified atom stereocenters. The fourth-order valence-electron chi connectivity index (χ4n) is 0.918. The summed E-state index contributed by atoms with van der Waals surface area (Å²) in [7, 11) is -1.11. The average molecular weight is 284 g/mol. The smallest absolute Gasteiger partial charge is 0.0853 e. The van der Waals surface area contributed by atoms with E-state index in [1.54, 1.807) is 0 Å². The third kappa shape index (κ3) is 4.27. The van der Waals surface area contributed by atoms with Crippen LogP contribution in [-0.2, 0) is 0 Å². The fraction of sp³-hybridized carbons (Fsp3) is 0.750. The summed E-state index contributed by atoms with van der Waals surface area (Å²) < 4.78 is 1.50. The molecule has 0 aliphatic carbocycles. The summed E-state index contributed by atoms with van der Waals surface area (Å²) in [4.78, 5) is 0. The molecule has 0 heterocycles. The van der Waals surface area contributed by atoms with E-state index in [1.165, 1.54) is 8.78 Å². The predicted octanol–water partition coefficient (Wildman–Crippen LogP) is 2.96. The lowest BCUT2D eigenvalue weighted by atomic mass is 10.3. The summed E-state index contributed by atoms with van der Waals surface area (Å²) in [5.41, 5.74) is 1.37. The van der Waals surface area contributed by atoms with Crippen LogP contribution in [0.25, 0.3) is 0 Å². The highest BCUT2D eigenvalue weighted by Gasteiger charge is 2.18. The molecule has 1 N–H and O–H groups in total. The summed E-state index contributed by atoms with van der Waals surface area (Å²) in [5.74, 6) is 0. The molecular formula is C8H17IOSi. The zero-order valence-corrected chi connectivity index (χ0v) is 10.9. The first-order chi connectivity index (χ1) is 4.89. The molecule has 0 amide bonds. The van der Waals surface area contributed by atoms with Crippen LogP contribution >= 0.6 is 22.6 Å². The number of halogens is 1. The maximum absolute atomic E-state index is 8.73. The maximum atomic E-state index is 8.73. The van der Waals surface area contributed by atoms with Crippen molar-refractivity contribution in [3.63, 3.8) is 0 Å². The molecule has 0 bridgehead atoms. The summed E-state index contributed by atoms with van der Waals surface area (Å²) in [6, 6.07) is 0.